The van der Waals surface area contributed by atoms with Crippen molar-refractivity contribution in [3.8, 4) is 0 Å². The number of thiocarbonyl (C=S) groups is 1. The van der Waals surface area contributed by atoms with Gasteiger partial charge >= 0.3 is 0 Å². The summed E-state index contributed by atoms with van der Waals surface area (Å²) < 4.78 is 0. The van der Waals surface area contributed by atoms with Gasteiger partial charge in [-0.25, -0.2) is 9.97 Å². The number of rotatable bonds is 5. The van der Waals surface area contributed by atoms with Crippen LogP contribution in [-0.4, -0.2) is 21.5 Å². The van der Waals surface area contributed by atoms with Crippen LogP contribution in [0.15, 0.2) is 23.7 Å². The van der Waals surface area contributed by atoms with E-state index in [-0.39, 0.29) is 0 Å². The van der Waals surface area contributed by atoms with Crippen molar-refractivity contribution >= 4 is 34.4 Å². The molecule has 0 aromatic carbocycles. The Balaban J connectivity index is 1.90. The molecule has 0 aliphatic carbocycles. The van der Waals surface area contributed by atoms with E-state index in [1.807, 2.05) is 13.0 Å². The number of aromatic nitrogens is 2. The number of hydrogen-bond acceptors (Lipinski definition) is 5. The smallest absolute Gasteiger partial charge is 0.126 e. The maximum atomic E-state index is 5.57. The van der Waals surface area contributed by atoms with Gasteiger partial charge in [-0.1, -0.05) is 12.2 Å². The number of thiazole rings is 1. The molecule has 2 aromatic heterocycles. The van der Waals surface area contributed by atoms with Gasteiger partial charge in [-0.2, -0.15) is 0 Å². The molecule has 2 aromatic rings. The van der Waals surface area contributed by atoms with Gasteiger partial charge in [0.2, 0.25) is 0 Å². The van der Waals surface area contributed by atoms with E-state index in [1.165, 1.54) is 0 Å². The molecule has 2 rings (SSSR count). The Kier molecular flexibility index (Phi) is 4.22. The topological polar surface area (TPSA) is 63.8 Å². The summed E-state index contributed by atoms with van der Waals surface area (Å²) in [4.78, 5) is 9.00. The van der Waals surface area contributed by atoms with Crippen LogP contribution >= 0.6 is 23.6 Å². The van der Waals surface area contributed by atoms with Gasteiger partial charge < -0.3 is 11.1 Å². The van der Waals surface area contributed by atoms with Crippen LogP contribution in [0.25, 0.3) is 0 Å². The van der Waals surface area contributed by atoms with E-state index < -0.39 is 0 Å². The number of aryl methyl sites for hydroxylation is 1. The average molecular weight is 278 g/mol. The van der Waals surface area contributed by atoms with Crippen LogP contribution < -0.4 is 11.1 Å². The van der Waals surface area contributed by atoms with Crippen LogP contribution in [-0.2, 0) is 6.42 Å². The Labute approximate surface area is 115 Å². The molecule has 0 saturated heterocycles. The molecule has 0 spiro atoms. The first-order chi connectivity index (χ1) is 8.65. The van der Waals surface area contributed by atoms with Gasteiger partial charge in [-0.15, -0.1) is 11.3 Å². The van der Waals surface area contributed by atoms with Gasteiger partial charge in [0.05, 0.1) is 10.7 Å². The molecule has 2 heterocycles. The zero-order valence-electron chi connectivity index (χ0n) is 10.0. The molecule has 4 nitrogen and oxygen atoms in total. The zero-order valence-corrected chi connectivity index (χ0v) is 11.6. The van der Waals surface area contributed by atoms with Gasteiger partial charge in [0.15, 0.2) is 0 Å². The second kappa shape index (κ2) is 5.88. The summed E-state index contributed by atoms with van der Waals surface area (Å²) in [6, 6.07) is 3.66. The molecule has 0 atom stereocenters. The van der Waals surface area contributed by atoms with Gasteiger partial charge in [0, 0.05) is 30.1 Å². The Hall–Kier alpha value is -1.53. The molecular weight excluding hydrogens is 264 g/mol. The first-order valence-corrected chi connectivity index (χ1v) is 6.84. The summed E-state index contributed by atoms with van der Waals surface area (Å²) in [5, 5.41) is 6.41. The average Bonchev–Trinajstić information content (AvgIpc) is 2.75. The van der Waals surface area contributed by atoms with Crippen LogP contribution in [0.3, 0.4) is 0 Å². The number of nitrogens with one attached hydrogen (secondary N) is 1. The molecule has 0 fully saturated rings. The van der Waals surface area contributed by atoms with E-state index in [0.717, 1.165) is 35.0 Å². The number of nitrogens with two attached hydrogens (primary N) is 1. The summed E-state index contributed by atoms with van der Waals surface area (Å²) in [6.45, 7) is 2.80. The van der Waals surface area contributed by atoms with Crippen molar-refractivity contribution in [1.82, 2.24) is 9.97 Å². The molecule has 0 saturated carbocycles. The minimum Gasteiger partial charge on any atom is -0.389 e. The van der Waals surface area contributed by atoms with Crippen molar-refractivity contribution in [2.75, 3.05) is 11.9 Å². The quantitative estimate of drug-likeness (QED) is 0.820. The Morgan fingerprint density at radius 1 is 1.56 bits per heavy atom. The maximum absolute atomic E-state index is 5.57. The number of nitrogens with zero attached hydrogens (tertiary/aromatic N) is 2. The Morgan fingerprint density at radius 2 is 2.39 bits per heavy atom. The first kappa shape index (κ1) is 12.9. The van der Waals surface area contributed by atoms with Crippen LogP contribution in [0.4, 0.5) is 5.82 Å². The molecule has 94 valence electrons. The minimum atomic E-state index is 0.385. The van der Waals surface area contributed by atoms with Gasteiger partial charge in [0.1, 0.15) is 10.8 Å². The predicted molar refractivity (Wildman–Crippen MR) is 79.2 cm³/mol. The molecule has 0 unspecified atom stereocenters. The molecule has 0 radical (unpaired) electrons. The van der Waals surface area contributed by atoms with Crippen LogP contribution in [0, 0.1) is 6.92 Å². The fourth-order valence-corrected chi connectivity index (χ4v) is 2.30. The van der Waals surface area contributed by atoms with E-state index in [2.05, 4.69) is 20.7 Å². The number of pyridine rings is 1. The Bertz CT molecular complexity index is 551. The van der Waals surface area contributed by atoms with Crippen LogP contribution in [0.2, 0.25) is 0 Å². The van der Waals surface area contributed by atoms with Crippen molar-refractivity contribution in [3.05, 3.63) is 40.0 Å². The summed E-state index contributed by atoms with van der Waals surface area (Å²) in [5.41, 5.74) is 7.51. The highest BCUT2D eigenvalue weighted by Crippen LogP contribution is 2.10. The second-order valence-electron chi connectivity index (χ2n) is 3.83. The molecule has 0 aliphatic rings. The van der Waals surface area contributed by atoms with E-state index in [1.54, 1.807) is 23.6 Å². The highest BCUT2D eigenvalue weighted by atomic mass is 32.1. The minimum absolute atomic E-state index is 0.385. The Morgan fingerprint density at radius 3 is 3.06 bits per heavy atom. The molecule has 18 heavy (non-hydrogen) atoms. The SMILES string of the molecule is Cc1nc(CCNc2cc(C(N)=S)ccn2)cs1. The second-order valence-corrected chi connectivity index (χ2v) is 5.33. The monoisotopic (exact) mass is 278 g/mol. The summed E-state index contributed by atoms with van der Waals surface area (Å²) in [7, 11) is 0. The fourth-order valence-electron chi connectivity index (χ4n) is 1.52. The zero-order chi connectivity index (χ0) is 13.0. The lowest BCUT2D eigenvalue weighted by Crippen LogP contribution is -2.11. The van der Waals surface area contributed by atoms with Crippen LogP contribution in [0.1, 0.15) is 16.3 Å². The third-order valence-electron chi connectivity index (χ3n) is 2.40. The lowest BCUT2D eigenvalue weighted by molar-refractivity contribution is 0.960. The third-order valence-corrected chi connectivity index (χ3v) is 3.46. The largest absolute Gasteiger partial charge is 0.389 e. The summed E-state index contributed by atoms with van der Waals surface area (Å²) in [5.74, 6) is 0.784. The van der Waals surface area contributed by atoms with E-state index in [9.17, 15) is 0 Å². The first-order valence-electron chi connectivity index (χ1n) is 5.56. The third kappa shape index (κ3) is 3.48. The fraction of sp³-hybridized carbons (Fsp3) is 0.250. The van der Waals surface area contributed by atoms with Gasteiger partial charge in [-0.3, -0.25) is 0 Å². The highest BCUT2D eigenvalue weighted by molar-refractivity contribution is 7.80. The van der Waals surface area contributed by atoms with Crippen molar-refractivity contribution in [2.45, 2.75) is 13.3 Å². The van der Waals surface area contributed by atoms with Crippen molar-refractivity contribution in [3.63, 3.8) is 0 Å². The molecule has 0 aliphatic heterocycles. The van der Waals surface area contributed by atoms with Crippen molar-refractivity contribution in [2.24, 2.45) is 5.73 Å². The van der Waals surface area contributed by atoms with Crippen molar-refractivity contribution < 1.29 is 0 Å². The van der Waals surface area contributed by atoms with Gasteiger partial charge in [-0.05, 0) is 19.1 Å². The lowest BCUT2D eigenvalue weighted by Gasteiger charge is -2.05. The normalized spacial score (nSPS) is 10.3. The molecule has 0 amide bonds. The summed E-state index contributed by atoms with van der Waals surface area (Å²) >= 11 is 6.60. The molecule has 6 heteroatoms. The van der Waals surface area contributed by atoms with E-state index in [4.69, 9.17) is 18.0 Å². The molecule has 0 bridgehead atoms. The predicted octanol–water partition coefficient (Wildman–Crippen LogP) is 2.14. The maximum Gasteiger partial charge on any atom is 0.126 e. The number of anilines is 1. The highest BCUT2D eigenvalue weighted by Gasteiger charge is 2.01. The standard InChI is InChI=1S/C12H14N4S2/c1-8-16-10(7-18-8)3-5-15-11-6-9(12(13)17)2-4-14-11/h2,4,6-7H,3,5H2,1H3,(H2,13,17)(H,14,15). The summed E-state index contributed by atoms with van der Waals surface area (Å²) in [6.07, 6.45) is 2.58. The molecule has 3 N–H and O–H groups in total. The molecular formula is C12H14N4S2. The van der Waals surface area contributed by atoms with E-state index >= 15 is 0 Å². The lowest BCUT2D eigenvalue weighted by atomic mass is 10.2. The van der Waals surface area contributed by atoms with E-state index in [0.29, 0.717) is 4.99 Å². The number of hydrogen-bond donors (Lipinski definition) is 2. The van der Waals surface area contributed by atoms with Crippen molar-refractivity contribution in [1.29, 1.82) is 0 Å². The van der Waals surface area contributed by atoms with Crippen LogP contribution in [0.5, 0.6) is 0 Å². The van der Waals surface area contributed by atoms with Gasteiger partial charge in [0.25, 0.3) is 0 Å².